The van der Waals surface area contributed by atoms with Gasteiger partial charge in [0, 0.05) is 19.6 Å². The van der Waals surface area contributed by atoms with E-state index in [0.29, 0.717) is 19.5 Å². The lowest BCUT2D eigenvalue weighted by Gasteiger charge is -2.35. The fourth-order valence-electron chi connectivity index (χ4n) is 2.98. The van der Waals surface area contributed by atoms with Gasteiger partial charge in [-0.25, -0.2) is 13.6 Å². The van der Waals surface area contributed by atoms with Crippen molar-refractivity contribution in [3.8, 4) is 0 Å². The van der Waals surface area contributed by atoms with E-state index in [2.05, 4.69) is 5.32 Å². The van der Waals surface area contributed by atoms with Gasteiger partial charge in [-0.3, -0.25) is 4.79 Å². The Kier molecular flexibility index (Phi) is 6.11. The molecule has 5 nitrogen and oxygen atoms in total. The molecule has 24 heavy (non-hydrogen) atoms. The molecule has 0 saturated carbocycles. The average Bonchev–Trinajstić information content (AvgIpc) is 2.57. The zero-order chi connectivity index (χ0) is 17.7. The summed E-state index contributed by atoms with van der Waals surface area (Å²) in [5.41, 5.74) is 0.230. The molecule has 1 saturated heterocycles. The molecule has 0 spiro atoms. The van der Waals surface area contributed by atoms with Gasteiger partial charge in [-0.1, -0.05) is 6.92 Å². The highest BCUT2D eigenvalue weighted by Crippen LogP contribution is 2.24. The lowest BCUT2D eigenvalue weighted by Crippen LogP contribution is -2.49. The van der Waals surface area contributed by atoms with Crippen LogP contribution in [-0.4, -0.2) is 43.6 Å². The SMILES string of the molecule is COC(=O)[C@H]1CCN(C(=O)NCCc2cc(F)ccc2F)C[C@@H]1C. The van der Waals surface area contributed by atoms with Crippen LogP contribution in [0.4, 0.5) is 13.6 Å². The standard InChI is InChI=1S/C17H22F2N2O3/c1-11-10-21(8-6-14(11)16(22)24-2)17(23)20-7-5-12-9-13(18)3-4-15(12)19/h3-4,9,11,14H,5-8,10H2,1-2H3,(H,20,23)/t11-,14-/m0/s1. The number of carbonyl (C=O) groups is 2. The highest BCUT2D eigenvalue weighted by Gasteiger charge is 2.33. The Balaban J connectivity index is 1.81. The predicted octanol–water partition coefficient (Wildman–Crippen LogP) is 2.35. The molecule has 1 fully saturated rings. The summed E-state index contributed by atoms with van der Waals surface area (Å²) in [6, 6.07) is 3.00. The maximum atomic E-state index is 13.5. The summed E-state index contributed by atoms with van der Waals surface area (Å²) in [7, 11) is 1.36. The number of ether oxygens (including phenoxy) is 1. The van der Waals surface area contributed by atoms with E-state index in [4.69, 9.17) is 4.74 Å². The Bertz CT molecular complexity index is 609. The number of rotatable bonds is 4. The van der Waals surface area contributed by atoms with Crippen LogP contribution in [0.2, 0.25) is 0 Å². The summed E-state index contributed by atoms with van der Waals surface area (Å²) < 4.78 is 31.4. The number of benzene rings is 1. The number of hydrogen-bond donors (Lipinski definition) is 1. The molecule has 2 rings (SSSR count). The van der Waals surface area contributed by atoms with Gasteiger partial charge in [-0.05, 0) is 42.5 Å². The van der Waals surface area contributed by atoms with E-state index in [1.807, 2.05) is 6.92 Å². The molecule has 1 aliphatic heterocycles. The van der Waals surface area contributed by atoms with Crippen molar-refractivity contribution >= 4 is 12.0 Å². The number of carbonyl (C=O) groups excluding carboxylic acids is 2. The van der Waals surface area contributed by atoms with E-state index < -0.39 is 11.6 Å². The zero-order valence-corrected chi connectivity index (χ0v) is 13.9. The molecule has 0 unspecified atom stereocenters. The highest BCUT2D eigenvalue weighted by molar-refractivity contribution is 5.76. The molecule has 1 N–H and O–H groups in total. The lowest BCUT2D eigenvalue weighted by atomic mass is 9.87. The highest BCUT2D eigenvalue weighted by atomic mass is 19.1. The molecule has 0 radical (unpaired) electrons. The van der Waals surface area contributed by atoms with Gasteiger partial charge < -0.3 is 15.0 Å². The number of halogens is 2. The van der Waals surface area contributed by atoms with Crippen LogP contribution in [0.5, 0.6) is 0 Å². The van der Waals surface area contributed by atoms with Gasteiger partial charge in [0.2, 0.25) is 0 Å². The number of amides is 2. The number of nitrogens with one attached hydrogen (secondary N) is 1. The van der Waals surface area contributed by atoms with Gasteiger partial charge in [0.05, 0.1) is 13.0 Å². The molecule has 1 aromatic rings. The average molecular weight is 340 g/mol. The van der Waals surface area contributed by atoms with Crippen LogP contribution in [0.25, 0.3) is 0 Å². The van der Waals surface area contributed by atoms with Gasteiger partial charge in [0.15, 0.2) is 0 Å². The quantitative estimate of drug-likeness (QED) is 0.856. The van der Waals surface area contributed by atoms with Crippen molar-refractivity contribution in [2.45, 2.75) is 19.8 Å². The van der Waals surface area contributed by atoms with Crippen LogP contribution in [0, 0.1) is 23.5 Å². The molecular weight excluding hydrogens is 318 g/mol. The van der Waals surface area contributed by atoms with Crippen LogP contribution in [0.1, 0.15) is 18.9 Å². The van der Waals surface area contributed by atoms with Gasteiger partial charge >= 0.3 is 12.0 Å². The summed E-state index contributed by atoms with van der Waals surface area (Å²) in [6.07, 6.45) is 0.767. The van der Waals surface area contributed by atoms with Crippen molar-refractivity contribution in [1.82, 2.24) is 10.2 Å². The minimum Gasteiger partial charge on any atom is -0.469 e. The minimum absolute atomic E-state index is 0.0117. The first-order valence-electron chi connectivity index (χ1n) is 7.97. The summed E-state index contributed by atoms with van der Waals surface area (Å²) >= 11 is 0. The fourth-order valence-corrected chi connectivity index (χ4v) is 2.98. The number of esters is 1. The Hall–Kier alpha value is -2.18. The van der Waals surface area contributed by atoms with Gasteiger partial charge in [0.25, 0.3) is 0 Å². The van der Waals surface area contributed by atoms with Crippen molar-refractivity contribution in [1.29, 1.82) is 0 Å². The van der Waals surface area contributed by atoms with E-state index in [1.165, 1.54) is 7.11 Å². The Morgan fingerprint density at radius 3 is 2.79 bits per heavy atom. The van der Waals surface area contributed by atoms with E-state index in [1.54, 1.807) is 4.90 Å². The van der Waals surface area contributed by atoms with Crippen LogP contribution >= 0.6 is 0 Å². The molecule has 2 atom stereocenters. The molecular formula is C17H22F2N2O3. The van der Waals surface area contributed by atoms with E-state index in [0.717, 1.165) is 18.2 Å². The second-order valence-electron chi connectivity index (χ2n) is 6.06. The Morgan fingerprint density at radius 2 is 2.12 bits per heavy atom. The third-order valence-electron chi connectivity index (χ3n) is 4.37. The third-order valence-corrected chi connectivity index (χ3v) is 4.37. The number of likely N-dealkylation sites (tertiary alicyclic amines) is 1. The maximum absolute atomic E-state index is 13.5. The predicted molar refractivity (Wildman–Crippen MR) is 84.3 cm³/mol. The molecule has 1 aromatic carbocycles. The van der Waals surface area contributed by atoms with Crippen LogP contribution in [-0.2, 0) is 16.0 Å². The Morgan fingerprint density at radius 1 is 1.38 bits per heavy atom. The van der Waals surface area contributed by atoms with Gasteiger partial charge in [0.1, 0.15) is 11.6 Å². The first-order chi connectivity index (χ1) is 11.4. The van der Waals surface area contributed by atoms with Crippen LogP contribution < -0.4 is 5.32 Å². The summed E-state index contributed by atoms with van der Waals surface area (Å²) in [4.78, 5) is 25.4. The number of hydrogen-bond acceptors (Lipinski definition) is 3. The van der Waals surface area contributed by atoms with E-state index >= 15 is 0 Å². The van der Waals surface area contributed by atoms with E-state index in [-0.39, 0.29) is 42.4 Å². The van der Waals surface area contributed by atoms with Crippen molar-refractivity contribution in [2.24, 2.45) is 11.8 Å². The third kappa shape index (κ3) is 4.43. The maximum Gasteiger partial charge on any atom is 0.317 e. The molecule has 7 heteroatoms. The summed E-state index contributed by atoms with van der Waals surface area (Å²) in [5.74, 6) is -1.42. The van der Waals surface area contributed by atoms with E-state index in [9.17, 15) is 18.4 Å². The molecule has 0 aromatic heterocycles. The first kappa shape index (κ1) is 18.2. The lowest BCUT2D eigenvalue weighted by molar-refractivity contribution is -0.148. The fraction of sp³-hybridized carbons (Fsp3) is 0.529. The zero-order valence-electron chi connectivity index (χ0n) is 13.9. The smallest absolute Gasteiger partial charge is 0.317 e. The summed E-state index contributed by atoms with van der Waals surface area (Å²) in [5, 5.41) is 2.71. The second kappa shape index (κ2) is 8.08. The molecule has 0 bridgehead atoms. The molecule has 1 aliphatic rings. The molecule has 132 valence electrons. The second-order valence-corrected chi connectivity index (χ2v) is 6.06. The normalized spacial score (nSPS) is 20.6. The van der Waals surface area contributed by atoms with Crippen LogP contribution in [0.15, 0.2) is 18.2 Å². The topological polar surface area (TPSA) is 58.6 Å². The molecule has 2 amide bonds. The van der Waals surface area contributed by atoms with Crippen molar-refractivity contribution in [3.63, 3.8) is 0 Å². The Labute approximate surface area is 140 Å². The largest absolute Gasteiger partial charge is 0.469 e. The van der Waals surface area contributed by atoms with Gasteiger partial charge in [-0.15, -0.1) is 0 Å². The van der Waals surface area contributed by atoms with Crippen molar-refractivity contribution in [3.05, 3.63) is 35.4 Å². The number of nitrogens with zero attached hydrogens (tertiary/aromatic N) is 1. The minimum atomic E-state index is -0.503. The molecule has 1 heterocycles. The monoisotopic (exact) mass is 340 g/mol. The number of piperidine rings is 1. The molecule has 0 aliphatic carbocycles. The first-order valence-corrected chi connectivity index (χ1v) is 7.97. The number of urea groups is 1. The number of methoxy groups -OCH3 is 1. The van der Waals surface area contributed by atoms with Crippen molar-refractivity contribution in [2.75, 3.05) is 26.7 Å². The van der Waals surface area contributed by atoms with Crippen LogP contribution in [0.3, 0.4) is 0 Å². The summed E-state index contributed by atoms with van der Waals surface area (Å²) in [6.45, 7) is 3.04. The van der Waals surface area contributed by atoms with Gasteiger partial charge in [-0.2, -0.15) is 0 Å². The van der Waals surface area contributed by atoms with Crippen molar-refractivity contribution < 1.29 is 23.1 Å².